The minimum Gasteiger partial charge on any atom is -0.385 e. The normalized spacial score (nSPS) is 18.5. The quantitative estimate of drug-likeness (QED) is 0.655. The highest BCUT2D eigenvalue weighted by Crippen LogP contribution is 2.19. The van der Waals surface area contributed by atoms with Crippen LogP contribution in [0.15, 0.2) is 18.2 Å². The van der Waals surface area contributed by atoms with E-state index in [2.05, 4.69) is 10.3 Å². The number of rotatable bonds is 8. The van der Waals surface area contributed by atoms with Crippen LogP contribution in [0.1, 0.15) is 40.7 Å². The molecule has 0 bridgehead atoms. The van der Waals surface area contributed by atoms with E-state index in [0.29, 0.717) is 32.5 Å². The number of carbonyl (C=O) groups excluding carboxylic acids is 2. The average molecular weight is 383 g/mol. The molecule has 1 N–H and O–H groups in total. The number of amides is 2. The molecular formula is C17H25N3O5S. The van der Waals surface area contributed by atoms with Crippen LogP contribution in [0.3, 0.4) is 0 Å². The van der Waals surface area contributed by atoms with Crippen LogP contribution < -0.4 is 5.32 Å². The SMILES string of the molecule is CCN(C(=O)c1cccc(C(=O)NCCCOC)n1)C1CCS(=O)(=O)C1. The molecule has 1 fully saturated rings. The monoisotopic (exact) mass is 383 g/mol. The van der Waals surface area contributed by atoms with Crippen LogP contribution in [-0.2, 0) is 14.6 Å². The first-order valence-corrected chi connectivity index (χ1v) is 10.5. The Bertz CT molecular complexity index is 751. The molecule has 0 aliphatic carbocycles. The molecule has 1 aliphatic rings. The molecular weight excluding hydrogens is 358 g/mol. The van der Waals surface area contributed by atoms with Crippen molar-refractivity contribution < 1.29 is 22.7 Å². The lowest BCUT2D eigenvalue weighted by atomic mass is 10.2. The average Bonchev–Trinajstić information content (AvgIpc) is 2.98. The van der Waals surface area contributed by atoms with Gasteiger partial charge in [-0.3, -0.25) is 9.59 Å². The summed E-state index contributed by atoms with van der Waals surface area (Å²) in [6.07, 6.45) is 1.11. The number of ether oxygens (including phenoxy) is 1. The summed E-state index contributed by atoms with van der Waals surface area (Å²) in [4.78, 5) is 30.6. The lowest BCUT2D eigenvalue weighted by Gasteiger charge is -2.26. The molecule has 1 saturated heterocycles. The fourth-order valence-corrected chi connectivity index (χ4v) is 4.66. The highest BCUT2D eigenvalue weighted by Gasteiger charge is 2.34. The van der Waals surface area contributed by atoms with E-state index in [0.717, 1.165) is 0 Å². The maximum Gasteiger partial charge on any atom is 0.272 e. The fraction of sp³-hybridized carbons (Fsp3) is 0.588. The number of sulfone groups is 1. The number of carbonyl (C=O) groups is 2. The lowest BCUT2D eigenvalue weighted by molar-refractivity contribution is 0.0702. The third kappa shape index (κ3) is 5.25. The molecule has 1 unspecified atom stereocenters. The summed E-state index contributed by atoms with van der Waals surface area (Å²) in [5.41, 5.74) is 0.295. The van der Waals surface area contributed by atoms with Crippen LogP contribution in [-0.4, -0.2) is 74.5 Å². The van der Waals surface area contributed by atoms with Crippen LogP contribution in [0.25, 0.3) is 0 Å². The maximum atomic E-state index is 12.8. The van der Waals surface area contributed by atoms with Crippen molar-refractivity contribution in [3.05, 3.63) is 29.6 Å². The van der Waals surface area contributed by atoms with Gasteiger partial charge in [0, 0.05) is 32.8 Å². The van der Waals surface area contributed by atoms with Crippen molar-refractivity contribution in [3.8, 4) is 0 Å². The van der Waals surface area contributed by atoms with Gasteiger partial charge in [-0.2, -0.15) is 0 Å². The van der Waals surface area contributed by atoms with Gasteiger partial charge in [0.15, 0.2) is 9.84 Å². The zero-order valence-electron chi connectivity index (χ0n) is 15.1. The number of nitrogens with zero attached hydrogens (tertiary/aromatic N) is 2. The Morgan fingerprint density at radius 3 is 2.69 bits per heavy atom. The first kappa shape index (κ1) is 20.3. The molecule has 144 valence electrons. The van der Waals surface area contributed by atoms with Crippen molar-refractivity contribution in [3.63, 3.8) is 0 Å². The summed E-state index contributed by atoms with van der Waals surface area (Å²) >= 11 is 0. The van der Waals surface area contributed by atoms with Gasteiger partial charge in [0.1, 0.15) is 11.4 Å². The van der Waals surface area contributed by atoms with E-state index >= 15 is 0 Å². The van der Waals surface area contributed by atoms with Gasteiger partial charge in [0.05, 0.1) is 11.5 Å². The Balaban J connectivity index is 2.07. The molecule has 26 heavy (non-hydrogen) atoms. The molecule has 1 atom stereocenters. The van der Waals surface area contributed by atoms with E-state index in [1.54, 1.807) is 26.2 Å². The van der Waals surface area contributed by atoms with E-state index in [1.165, 1.54) is 11.0 Å². The van der Waals surface area contributed by atoms with Gasteiger partial charge in [-0.15, -0.1) is 0 Å². The summed E-state index contributed by atoms with van der Waals surface area (Å²) in [5.74, 6) is -0.642. The lowest BCUT2D eigenvalue weighted by Crippen LogP contribution is -2.41. The molecule has 0 aromatic carbocycles. The van der Waals surface area contributed by atoms with E-state index in [4.69, 9.17) is 4.74 Å². The minimum atomic E-state index is -3.09. The topological polar surface area (TPSA) is 106 Å². The van der Waals surface area contributed by atoms with Gasteiger partial charge in [0.25, 0.3) is 11.8 Å². The molecule has 0 radical (unpaired) electrons. The second kappa shape index (κ2) is 9.09. The van der Waals surface area contributed by atoms with Crippen LogP contribution in [0.4, 0.5) is 0 Å². The van der Waals surface area contributed by atoms with E-state index in [-0.39, 0.29) is 40.7 Å². The minimum absolute atomic E-state index is 0.0216. The summed E-state index contributed by atoms with van der Waals surface area (Å²) in [7, 11) is -1.50. The van der Waals surface area contributed by atoms with Gasteiger partial charge in [-0.1, -0.05) is 6.07 Å². The Labute approximate surface area is 153 Å². The molecule has 1 aliphatic heterocycles. The van der Waals surface area contributed by atoms with Gasteiger partial charge < -0.3 is 15.0 Å². The van der Waals surface area contributed by atoms with Crippen molar-refractivity contribution in [1.82, 2.24) is 15.2 Å². The molecule has 2 amide bonds. The van der Waals surface area contributed by atoms with Crippen LogP contribution >= 0.6 is 0 Å². The second-order valence-electron chi connectivity index (χ2n) is 6.16. The summed E-state index contributed by atoms with van der Waals surface area (Å²) in [5, 5.41) is 2.72. The van der Waals surface area contributed by atoms with Crippen molar-refractivity contribution in [1.29, 1.82) is 0 Å². The zero-order chi connectivity index (χ0) is 19.2. The first-order chi connectivity index (χ1) is 12.4. The summed E-state index contributed by atoms with van der Waals surface area (Å²) in [6, 6.07) is 4.34. The van der Waals surface area contributed by atoms with E-state index in [9.17, 15) is 18.0 Å². The first-order valence-electron chi connectivity index (χ1n) is 8.63. The summed E-state index contributed by atoms with van der Waals surface area (Å²) < 4.78 is 28.3. The smallest absolute Gasteiger partial charge is 0.272 e. The zero-order valence-corrected chi connectivity index (χ0v) is 15.9. The number of hydrogen-bond acceptors (Lipinski definition) is 6. The number of aromatic nitrogens is 1. The third-order valence-electron chi connectivity index (χ3n) is 4.26. The fourth-order valence-electron chi connectivity index (χ4n) is 2.93. The van der Waals surface area contributed by atoms with Crippen LogP contribution in [0.5, 0.6) is 0 Å². The molecule has 0 spiro atoms. The van der Waals surface area contributed by atoms with Crippen LogP contribution in [0, 0.1) is 0 Å². The predicted molar refractivity (Wildman–Crippen MR) is 96.8 cm³/mol. The number of pyridine rings is 1. The van der Waals surface area contributed by atoms with E-state index < -0.39 is 9.84 Å². The molecule has 0 saturated carbocycles. The molecule has 8 nitrogen and oxygen atoms in total. The van der Waals surface area contributed by atoms with Gasteiger partial charge in [0.2, 0.25) is 0 Å². The van der Waals surface area contributed by atoms with Gasteiger partial charge in [-0.25, -0.2) is 13.4 Å². The molecule has 9 heteroatoms. The van der Waals surface area contributed by atoms with Crippen molar-refractivity contribution in [2.75, 3.05) is 38.3 Å². The number of methoxy groups -OCH3 is 1. The van der Waals surface area contributed by atoms with Gasteiger partial charge >= 0.3 is 0 Å². The summed E-state index contributed by atoms with van der Waals surface area (Å²) in [6.45, 7) is 3.18. The van der Waals surface area contributed by atoms with Crippen molar-refractivity contribution >= 4 is 21.7 Å². The van der Waals surface area contributed by atoms with Crippen molar-refractivity contribution in [2.45, 2.75) is 25.8 Å². The Hall–Kier alpha value is -2.00. The number of hydrogen-bond donors (Lipinski definition) is 1. The Kier molecular flexibility index (Phi) is 7.10. The predicted octanol–water partition coefficient (Wildman–Crippen LogP) is 0.497. The second-order valence-corrected chi connectivity index (χ2v) is 8.39. The Morgan fingerprint density at radius 2 is 2.08 bits per heavy atom. The highest BCUT2D eigenvalue weighted by atomic mass is 32.2. The van der Waals surface area contributed by atoms with E-state index in [1.807, 2.05) is 0 Å². The van der Waals surface area contributed by atoms with Crippen molar-refractivity contribution in [2.24, 2.45) is 0 Å². The van der Waals surface area contributed by atoms with Gasteiger partial charge in [-0.05, 0) is 31.9 Å². The largest absolute Gasteiger partial charge is 0.385 e. The number of nitrogens with one attached hydrogen (secondary N) is 1. The standard InChI is InChI=1S/C17H25N3O5S/c1-3-20(13-8-11-26(23,24)12-13)17(22)15-7-4-6-14(19-15)16(21)18-9-5-10-25-2/h4,6-7,13H,3,5,8-12H2,1-2H3,(H,18,21). The third-order valence-corrected chi connectivity index (χ3v) is 6.01. The molecule has 2 heterocycles. The molecule has 1 aromatic heterocycles. The van der Waals surface area contributed by atoms with Crippen LogP contribution in [0.2, 0.25) is 0 Å². The molecule has 1 aromatic rings. The molecule has 2 rings (SSSR count). The maximum absolute atomic E-state index is 12.8. The highest BCUT2D eigenvalue weighted by molar-refractivity contribution is 7.91. The Morgan fingerprint density at radius 1 is 1.35 bits per heavy atom.